The minimum atomic E-state index is -0.467. The van der Waals surface area contributed by atoms with Crippen LogP contribution in [0.15, 0.2) is 47.5 Å². The highest BCUT2D eigenvalue weighted by Crippen LogP contribution is 2.43. The van der Waals surface area contributed by atoms with Gasteiger partial charge in [-0.2, -0.15) is 0 Å². The maximum Gasteiger partial charge on any atom is 0.152 e. The van der Waals surface area contributed by atoms with Crippen molar-refractivity contribution in [3.05, 3.63) is 74.5 Å². The van der Waals surface area contributed by atoms with Crippen LogP contribution in [-0.4, -0.2) is 38.1 Å². The zero-order chi connectivity index (χ0) is 23.8. The van der Waals surface area contributed by atoms with Gasteiger partial charge in [0.05, 0.1) is 18.3 Å². The van der Waals surface area contributed by atoms with Crippen LogP contribution in [0, 0.1) is 17.7 Å². The lowest BCUT2D eigenvalue weighted by atomic mass is 9.97. The Hall–Kier alpha value is -1.92. The number of halogens is 3. The van der Waals surface area contributed by atoms with E-state index in [9.17, 15) is 9.18 Å². The molecule has 2 aromatic carbocycles. The number of ether oxygens (including phenoxy) is 1. The van der Waals surface area contributed by atoms with Gasteiger partial charge in [-0.05, 0) is 79.5 Å². The molecule has 34 heavy (non-hydrogen) atoms. The molecule has 2 saturated carbocycles. The molecule has 1 saturated heterocycles. The lowest BCUT2D eigenvalue weighted by Gasteiger charge is -2.33. The first-order valence-electron chi connectivity index (χ1n) is 11.9. The SMILES string of the molecule is NC/C(=C(/COC1C[C@H]2CC1CN2c1ccc(C=O)c(F)c1)Cc1c(Cl)cccc1Cl)C1CC1. The molecular formula is C27H29Cl2FN2O2. The van der Waals surface area contributed by atoms with Gasteiger partial charge in [-0.15, -0.1) is 0 Å². The Kier molecular flexibility index (Phi) is 6.99. The third-order valence-corrected chi connectivity index (χ3v) is 8.30. The number of aldehydes is 1. The Morgan fingerprint density at radius 3 is 2.53 bits per heavy atom. The molecule has 5 rings (SSSR count). The van der Waals surface area contributed by atoms with Crippen molar-refractivity contribution in [1.29, 1.82) is 0 Å². The number of hydrogen-bond acceptors (Lipinski definition) is 4. The quantitative estimate of drug-likeness (QED) is 0.345. The summed E-state index contributed by atoms with van der Waals surface area (Å²) in [6.07, 6.45) is 5.65. The number of rotatable bonds is 9. The summed E-state index contributed by atoms with van der Waals surface area (Å²) in [4.78, 5) is 13.2. The fourth-order valence-corrected chi connectivity index (χ4v) is 6.16. The van der Waals surface area contributed by atoms with Gasteiger partial charge in [0, 0.05) is 40.8 Å². The summed E-state index contributed by atoms with van der Waals surface area (Å²) >= 11 is 12.9. The summed E-state index contributed by atoms with van der Waals surface area (Å²) in [6, 6.07) is 10.8. The number of nitrogens with zero attached hydrogens (tertiary/aromatic N) is 1. The molecule has 4 nitrogen and oxygen atoms in total. The van der Waals surface area contributed by atoms with Crippen LogP contribution in [0.25, 0.3) is 0 Å². The summed E-state index contributed by atoms with van der Waals surface area (Å²) in [5.41, 5.74) is 10.5. The first kappa shape index (κ1) is 23.8. The van der Waals surface area contributed by atoms with Gasteiger partial charge in [0.15, 0.2) is 6.29 Å². The highest BCUT2D eigenvalue weighted by molar-refractivity contribution is 6.36. The lowest BCUT2D eigenvalue weighted by Crippen LogP contribution is -2.39. The molecule has 0 radical (unpaired) electrons. The molecule has 2 bridgehead atoms. The van der Waals surface area contributed by atoms with Gasteiger partial charge < -0.3 is 15.4 Å². The monoisotopic (exact) mass is 502 g/mol. The normalized spacial score (nSPS) is 24.5. The van der Waals surface area contributed by atoms with Crippen molar-refractivity contribution < 1.29 is 13.9 Å². The Labute approximate surface area is 209 Å². The number of fused-ring (bicyclic) bond motifs is 2. The van der Waals surface area contributed by atoms with Gasteiger partial charge in [-0.3, -0.25) is 4.79 Å². The van der Waals surface area contributed by atoms with E-state index in [1.54, 1.807) is 6.07 Å². The summed E-state index contributed by atoms with van der Waals surface area (Å²) in [5.74, 6) is 0.473. The molecule has 2 N–H and O–H groups in total. The summed E-state index contributed by atoms with van der Waals surface area (Å²) in [6.45, 7) is 1.89. The molecule has 1 heterocycles. The number of hydrogen-bond donors (Lipinski definition) is 1. The third-order valence-electron chi connectivity index (χ3n) is 7.59. The third kappa shape index (κ3) is 4.76. The highest BCUT2D eigenvalue weighted by Gasteiger charge is 2.45. The van der Waals surface area contributed by atoms with E-state index in [0.29, 0.717) is 53.8 Å². The fraction of sp³-hybridized carbons (Fsp3) is 0.444. The molecule has 0 amide bonds. The number of carbonyl (C=O) groups excluding carboxylic acids is 1. The first-order valence-corrected chi connectivity index (χ1v) is 12.7. The topological polar surface area (TPSA) is 55.6 Å². The van der Waals surface area contributed by atoms with E-state index in [1.165, 1.54) is 30.1 Å². The highest BCUT2D eigenvalue weighted by atomic mass is 35.5. The van der Waals surface area contributed by atoms with Gasteiger partial charge in [0.1, 0.15) is 5.82 Å². The van der Waals surface area contributed by atoms with E-state index < -0.39 is 5.82 Å². The Bertz CT molecular complexity index is 1100. The average molecular weight is 503 g/mol. The van der Waals surface area contributed by atoms with Gasteiger partial charge in [-0.25, -0.2) is 4.39 Å². The van der Waals surface area contributed by atoms with E-state index in [-0.39, 0.29) is 11.7 Å². The average Bonchev–Trinajstić information content (AvgIpc) is 3.46. The van der Waals surface area contributed by atoms with Crippen LogP contribution in [0.4, 0.5) is 10.1 Å². The zero-order valence-corrected chi connectivity index (χ0v) is 20.5. The lowest BCUT2D eigenvalue weighted by molar-refractivity contribution is 0.0373. The van der Waals surface area contributed by atoms with Crippen LogP contribution in [0.5, 0.6) is 0 Å². The van der Waals surface area contributed by atoms with Crippen LogP contribution < -0.4 is 10.6 Å². The molecule has 7 heteroatoms. The first-order chi connectivity index (χ1) is 16.5. The van der Waals surface area contributed by atoms with Crippen molar-refractivity contribution in [2.75, 3.05) is 24.6 Å². The van der Waals surface area contributed by atoms with Crippen molar-refractivity contribution in [2.24, 2.45) is 17.6 Å². The van der Waals surface area contributed by atoms with Crippen LogP contribution in [0.2, 0.25) is 10.0 Å². The van der Waals surface area contributed by atoms with E-state index >= 15 is 0 Å². The van der Waals surface area contributed by atoms with Gasteiger partial charge >= 0.3 is 0 Å². The second-order valence-electron chi connectivity index (χ2n) is 9.69. The van der Waals surface area contributed by atoms with E-state index in [1.807, 2.05) is 24.3 Å². The zero-order valence-electron chi connectivity index (χ0n) is 19.0. The predicted octanol–water partition coefficient (Wildman–Crippen LogP) is 5.84. The fourth-order valence-electron chi connectivity index (χ4n) is 5.63. The van der Waals surface area contributed by atoms with Crippen LogP contribution in [0.1, 0.15) is 41.6 Å². The Morgan fingerprint density at radius 2 is 1.94 bits per heavy atom. The minimum absolute atomic E-state index is 0.0960. The van der Waals surface area contributed by atoms with Gasteiger partial charge in [0.25, 0.3) is 0 Å². The molecular weight excluding hydrogens is 474 g/mol. The molecule has 1 aliphatic heterocycles. The van der Waals surface area contributed by atoms with Crippen molar-refractivity contribution in [3.63, 3.8) is 0 Å². The number of anilines is 1. The second-order valence-corrected chi connectivity index (χ2v) is 10.5. The van der Waals surface area contributed by atoms with Crippen molar-refractivity contribution in [1.82, 2.24) is 0 Å². The molecule has 3 aliphatic rings. The summed E-state index contributed by atoms with van der Waals surface area (Å²) in [7, 11) is 0. The smallest absolute Gasteiger partial charge is 0.152 e. The molecule has 2 aliphatic carbocycles. The van der Waals surface area contributed by atoms with Gasteiger partial charge in [0.2, 0.25) is 0 Å². The maximum absolute atomic E-state index is 14.1. The second kappa shape index (κ2) is 9.98. The maximum atomic E-state index is 14.1. The number of benzene rings is 2. The number of piperidine rings is 1. The largest absolute Gasteiger partial charge is 0.373 e. The molecule has 2 aromatic rings. The van der Waals surface area contributed by atoms with Crippen LogP contribution >= 0.6 is 23.2 Å². The molecule has 180 valence electrons. The minimum Gasteiger partial charge on any atom is -0.373 e. The Balaban J connectivity index is 1.27. The van der Waals surface area contributed by atoms with E-state index in [0.717, 1.165) is 30.6 Å². The molecule has 0 aromatic heterocycles. The predicted molar refractivity (Wildman–Crippen MR) is 134 cm³/mol. The number of nitrogens with two attached hydrogens (primary N) is 1. The van der Waals surface area contributed by atoms with Crippen molar-refractivity contribution in [3.8, 4) is 0 Å². The molecule has 2 unspecified atom stereocenters. The summed E-state index contributed by atoms with van der Waals surface area (Å²) < 4.78 is 20.6. The van der Waals surface area contributed by atoms with E-state index in [4.69, 9.17) is 33.7 Å². The summed E-state index contributed by atoms with van der Waals surface area (Å²) in [5, 5.41) is 1.33. The van der Waals surface area contributed by atoms with Crippen LogP contribution in [0.3, 0.4) is 0 Å². The van der Waals surface area contributed by atoms with E-state index in [2.05, 4.69) is 4.90 Å². The molecule has 3 fully saturated rings. The molecule has 0 spiro atoms. The standard InChI is InChI=1S/C27H29Cl2FN2O2/c28-24-2-1-3-25(29)22(24)9-19(23(12-31)16-4-5-16)15-34-27-11-21-8-18(27)13-32(21)20-7-6-17(14-33)26(30)10-20/h1-3,6-7,10,14,16,18,21,27H,4-5,8-9,11-13,15,31H2/b23-19-/t18?,21-,27?/m1/s1. The number of carbonyl (C=O) groups is 1. The van der Waals surface area contributed by atoms with Crippen LogP contribution in [-0.2, 0) is 11.2 Å². The van der Waals surface area contributed by atoms with Crippen molar-refractivity contribution >= 4 is 35.2 Å². The van der Waals surface area contributed by atoms with Gasteiger partial charge in [-0.1, -0.05) is 34.8 Å². The Morgan fingerprint density at radius 1 is 1.18 bits per heavy atom. The van der Waals surface area contributed by atoms with Crippen molar-refractivity contribution in [2.45, 2.75) is 44.2 Å². The molecule has 3 atom stereocenters.